The lowest BCUT2D eigenvalue weighted by Crippen LogP contribution is -2.33. The Morgan fingerprint density at radius 2 is 2.00 bits per heavy atom. The topological polar surface area (TPSA) is 75.4 Å². The molecular weight excluding hydrogens is 334 g/mol. The van der Waals surface area contributed by atoms with Crippen molar-refractivity contribution in [2.24, 2.45) is 11.7 Å². The molecule has 1 aliphatic heterocycles. The molecule has 25 heavy (non-hydrogen) atoms. The summed E-state index contributed by atoms with van der Waals surface area (Å²) >= 11 is 1.48. The van der Waals surface area contributed by atoms with Crippen molar-refractivity contribution in [1.29, 1.82) is 0 Å². The molecule has 132 valence electrons. The molecule has 0 aliphatic carbocycles. The molecule has 3 rings (SSSR count). The summed E-state index contributed by atoms with van der Waals surface area (Å²) in [5.74, 6) is 0.516. The molecule has 1 saturated heterocycles. The summed E-state index contributed by atoms with van der Waals surface area (Å²) in [6.45, 7) is 2.31. The van der Waals surface area contributed by atoms with Crippen LogP contribution in [0.1, 0.15) is 28.3 Å². The van der Waals surface area contributed by atoms with Crippen molar-refractivity contribution in [3.8, 4) is 0 Å². The van der Waals surface area contributed by atoms with Gasteiger partial charge in [0, 0.05) is 42.9 Å². The first kappa shape index (κ1) is 17.6. The van der Waals surface area contributed by atoms with Crippen molar-refractivity contribution in [2.75, 3.05) is 26.2 Å². The summed E-state index contributed by atoms with van der Waals surface area (Å²) in [6.07, 6.45) is 0.314. The number of nitrogens with one attached hydrogen (secondary N) is 1. The molecule has 2 heterocycles. The average molecular weight is 357 g/mol. The number of carbonyl (C=O) groups is 2. The van der Waals surface area contributed by atoms with Crippen LogP contribution in [0.3, 0.4) is 0 Å². The van der Waals surface area contributed by atoms with Crippen LogP contribution in [0, 0.1) is 5.92 Å². The Bertz CT molecular complexity index is 703. The average Bonchev–Trinajstić information content (AvgIpc) is 3.32. The number of thiophene rings is 1. The van der Waals surface area contributed by atoms with E-state index in [1.165, 1.54) is 16.9 Å². The number of benzene rings is 1. The highest BCUT2D eigenvalue weighted by molar-refractivity contribution is 7.08. The van der Waals surface area contributed by atoms with Gasteiger partial charge in [-0.1, -0.05) is 30.3 Å². The molecule has 2 amide bonds. The molecule has 0 radical (unpaired) electrons. The van der Waals surface area contributed by atoms with Crippen molar-refractivity contribution in [3.05, 3.63) is 58.3 Å². The van der Waals surface area contributed by atoms with Gasteiger partial charge in [0.15, 0.2) is 0 Å². The minimum absolute atomic E-state index is 0.0718. The zero-order valence-electron chi connectivity index (χ0n) is 14.1. The summed E-state index contributed by atoms with van der Waals surface area (Å²) in [6, 6.07) is 12.0. The number of nitrogens with zero attached hydrogens (tertiary/aromatic N) is 1. The second-order valence-electron chi connectivity index (χ2n) is 6.33. The number of hydrogen-bond acceptors (Lipinski definition) is 4. The van der Waals surface area contributed by atoms with E-state index in [1.54, 1.807) is 11.4 Å². The van der Waals surface area contributed by atoms with Gasteiger partial charge in [-0.25, -0.2) is 0 Å². The summed E-state index contributed by atoms with van der Waals surface area (Å²) in [7, 11) is 0. The van der Waals surface area contributed by atoms with Crippen LogP contribution in [0.2, 0.25) is 0 Å². The van der Waals surface area contributed by atoms with Crippen molar-refractivity contribution < 1.29 is 9.59 Å². The van der Waals surface area contributed by atoms with Gasteiger partial charge in [0.25, 0.3) is 5.91 Å². The van der Waals surface area contributed by atoms with Crippen LogP contribution < -0.4 is 11.1 Å². The second kappa shape index (κ2) is 8.27. The molecule has 2 atom stereocenters. The number of amides is 2. The molecule has 0 unspecified atom stereocenters. The van der Waals surface area contributed by atoms with Gasteiger partial charge in [-0.3, -0.25) is 9.59 Å². The van der Waals surface area contributed by atoms with E-state index >= 15 is 0 Å². The Labute approximate surface area is 151 Å². The van der Waals surface area contributed by atoms with E-state index in [0.29, 0.717) is 38.2 Å². The monoisotopic (exact) mass is 357 g/mol. The summed E-state index contributed by atoms with van der Waals surface area (Å²) in [4.78, 5) is 26.3. The Balaban J connectivity index is 1.52. The lowest BCUT2D eigenvalue weighted by Gasteiger charge is -2.17. The maximum Gasteiger partial charge on any atom is 0.252 e. The van der Waals surface area contributed by atoms with Crippen molar-refractivity contribution in [1.82, 2.24) is 10.2 Å². The van der Waals surface area contributed by atoms with Crippen LogP contribution in [0.25, 0.3) is 0 Å². The molecule has 2 aromatic rings. The second-order valence-corrected chi connectivity index (χ2v) is 7.11. The molecule has 1 aliphatic rings. The summed E-state index contributed by atoms with van der Waals surface area (Å²) in [5, 5.41) is 6.46. The molecule has 1 aromatic heterocycles. The fourth-order valence-electron chi connectivity index (χ4n) is 3.33. The van der Waals surface area contributed by atoms with Crippen LogP contribution in [0.5, 0.6) is 0 Å². The highest BCUT2D eigenvalue weighted by atomic mass is 32.1. The van der Waals surface area contributed by atoms with Gasteiger partial charge in [-0.05, 0) is 29.5 Å². The third-order valence-corrected chi connectivity index (χ3v) is 5.42. The SMILES string of the molecule is NC[C@@H]1CN(C(=O)CCNC(=O)c2ccsc2)C[C@H]1c1ccccc1. The first-order valence-corrected chi connectivity index (χ1v) is 9.46. The Hall–Kier alpha value is -2.18. The lowest BCUT2D eigenvalue weighted by molar-refractivity contribution is -0.130. The zero-order chi connectivity index (χ0) is 17.6. The molecule has 0 spiro atoms. The highest BCUT2D eigenvalue weighted by Crippen LogP contribution is 2.32. The smallest absolute Gasteiger partial charge is 0.252 e. The number of nitrogens with two attached hydrogens (primary N) is 1. The third kappa shape index (κ3) is 4.27. The van der Waals surface area contributed by atoms with Gasteiger partial charge in [0.1, 0.15) is 0 Å². The van der Waals surface area contributed by atoms with Crippen LogP contribution in [0.15, 0.2) is 47.2 Å². The van der Waals surface area contributed by atoms with Gasteiger partial charge in [0.2, 0.25) is 5.91 Å². The van der Waals surface area contributed by atoms with E-state index in [0.717, 1.165) is 0 Å². The predicted molar refractivity (Wildman–Crippen MR) is 99.6 cm³/mol. The first-order chi connectivity index (χ1) is 12.2. The van der Waals surface area contributed by atoms with Crippen molar-refractivity contribution in [3.63, 3.8) is 0 Å². The number of hydrogen-bond donors (Lipinski definition) is 2. The summed E-state index contributed by atoms with van der Waals surface area (Å²) in [5.41, 5.74) is 7.80. The van der Waals surface area contributed by atoms with E-state index in [9.17, 15) is 9.59 Å². The van der Waals surface area contributed by atoms with Crippen LogP contribution in [0.4, 0.5) is 0 Å². The van der Waals surface area contributed by atoms with Gasteiger partial charge >= 0.3 is 0 Å². The van der Waals surface area contributed by atoms with Gasteiger partial charge in [0.05, 0.1) is 0 Å². The molecule has 1 aromatic carbocycles. The summed E-state index contributed by atoms with van der Waals surface area (Å²) < 4.78 is 0. The molecule has 0 bridgehead atoms. The third-order valence-electron chi connectivity index (χ3n) is 4.73. The Morgan fingerprint density at radius 3 is 2.68 bits per heavy atom. The molecule has 1 fully saturated rings. The molecule has 0 saturated carbocycles. The highest BCUT2D eigenvalue weighted by Gasteiger charge is 2.34. The molecular formula is C19H23N3O2S. The Kier molecular flexibility index (Phi) is 5.83. The maximum absolute atomic E-state index is 12.5. The van der Waals surface area contributed by atoms with Gasteiger partial charge in [-0.2, -0.15) is 11.3 Å². The van der Waals surface area contributed by atoms with Crippen molar-refractivity contribution in [2.45, 2.75) is 12.3 Å². The number of likely N-dealkylation sites (tertiary alicyclic amines) is 1. The van der Waals surface area contributed by atoms with E-state index in [1.807, 2.05) is 28.5 Å². The molecule has 6 heteroatoms. The Morgan fingerprint density at radius 1 is 1.20 bits per heavy atom. The zero-order valence-corrected chi connectivity index (χ0v) is 14.9. The van der Waals surface area contributed by atoms with Crippen LogP contribution >= 0.6 is 11.3 Å². The first-order valence-electron chi connectivity index (χ1n) is 8.52. The van der Waals surface area contributed by atoms with E-state index in [2.05, 4.69) is 17.4 Å². The molecule has 3 N–H and O–H groups in total. The number of carbonyl (C=O) groups excluding carboxylic acids is 2. The van der Waals surface area contributed by atoms with E-state index in [4.69, 9.17) is 5.73 Å². The minimum Gasteiger partial charge on any atom is -0.351 e. The normalized spacial score (nSPS) is 19.8. The van der Waals surface area contributed by atoms with Crippen LogP contribution in [-0.4, -0.2) is 42.9 Å². The van der Waals surface area contributed by atoms with Crippen LogP contribution in [-0.2, 0) is 4.79 Å². The van der Waals surface area contributed by atoms with E-state index < -0.39 is 0 Å². The fourth-order valence-corrected chi connectivity index (χ4v) is 3.96. The molecule has 5 nitrogen and oxygen atoms in total. The van der Waals surface area contributed by atoms with E-state index in [-0.39, 0.29) is 23.7 Å². The number of rotatable bonds is 6. The van der Waals surface area contributed by atoms with Gasteiger partial charge < -0.3 is 16.0 Å². The van der Waals surface area contributed by atoms with Gasteiger partial charge in [-0.15, -0.1) is 0 Å². The standard InChI is InChI=1S/C19H23N3O2S/c20-10-16-11-22(12-17(16)14-4-2-1-3-5-14)18(23)6-8-21-19(24)15-7-9-25-13-15/h1-5,7,9,13,16-17H,6,8,10-12,20H2,(H,21,24)/t16-,17+/m1/s1. The van der Waals surface area contributed by atoms with Crippen molar-refractivity contribution >= 4 is 23.2 Å². The quantitative estimate of drug-likeness (QED) is 0.831. The maximum atomic E-state index is 12.5. The fraction of sp³-hybridized carbons (Fsp3) is 0.368. The minimum atomic E-state index is -0.127. The predicted octanol–water partition coefficient (Wildman–Crippen LogP) is 2.07. The lowest BCUT2D eigenvalue weighted by atomic mass is 9.89. The largest absolute Gasteiger partial charge is 0.351 e.